The van der Waals surface area contributed by atoms with Crippen LogP contribution in [0.2, 0.25) is 0 Å². The highest BCUT2D eigenvalue weighted by molar-refractivity contribution is 6.06. The predicted molar refractivity (Wildman–Crippen MR) is 131 cm³/mol. The lowest BCUT2D eigenvalue weighted by atomic mass is 9.94. The van der Waals surface area contributed by atoms with E-state index < -0.39 is 29.7 Å². The minimum absolute atomic E-state index is 0.118. The molecule has 0 saturated heterocycles. The number of halogens is 3. The number of carbonyl (C=O) groups excluding carboxylic acids is 2. The second-order valence-corrected chi connectivity index (χ2v) is 8.29. The number of benzene rings is 3. The van der Waals surface area contributed by atoms with E-state index in [0.29, 0.717) is 33.8 Å². The van der Waals surface area contributed by atoms with E-state index in [1.165, 1.54) is 19.2 Å². The molecular weight excluding hydrogens is 487 g/mol. The third kappa shape index (κ3) is 6.03. The SMILES string of the molecule is COc1cc([C@@H]2NC(=O)NC(C)=C2C(=O)Nc2ccccc2)ccc1OCc1cccc(C(F)(F)F)c1. The molecular formula is C27H24F3N3O4. The molecule has 0 fully saturated rings. The Labute approximate surface area is 211 Å². The van der Waals surface area contributed by atoms with Gasteiger partial charge in [-0.25, -0.2) is 4.79 Å². The third-order valence-electron chi connectivity index (χ3n) is 5.72. The Kier molecular flexibility index (Phi) is 7.37. The summed E-state index contributed by atoms with van der Waals surface area (Å²) in [4.78, 5) is 25.4. The number of hydrogen-bond donors (Lipinski definition) is 3. The van der Waals surface area contributed by atoms with E-state index in [-0.39, 0.29) is 12.4 Å². The monoisotopic (exact) mass is 511 g/mol. The maximum atomic E-state index is 13.2. The van der Waals surface area contributed by atoms with Crippen LogP contribution in [0.25, 0.3) is 0 Å². The van der Waals surface area contributed by atoms with Gasteiger partial charge >= 0.3 is 12.2 Å². The predicted octanol–water partition coefficient (Wildman–Crippen LogP) is 5.56. The molecule has 1 atom stereocenters. The van der Waals surface area contributed by atoms with Gasteiger partial charge in [-0.1, -0.05) is 36.4 Å². The summed E-state index contributed by atoms with van der Waals surface area (Å²) < 4.78 is 50.2. The molecule has 3 aromatic carbocycles. The molecule has 4 rings (SSSR count). The van der Waals surface area contributed by atoms with Gasteiger partial charge < -0.3 is 25.4 Å². The number of ether oxygens (including phenoxy) is 2. The highest BCUT2D eigenvalue weighted by atomic mass is 19.4. The van der Waals surface area contributed by atoms with Crippen molar-refractivity contribution in [3.05, 3.63) is 101 Å². The first-order valence-electron chi connectivity index (χ1n) is 11.3. The smallest absolute Gasteiger partial charge is 0.416 e. The van der Waals surface area contributed by atoms with Crippen molar-refractivity contribution >= 4 is 17.6 Å². The molecule has 1 aliphatic rings. The highest BCUT2D eigenvalue weighted by Gasteiger charge is 2.32. The number of hydrogen-bond acceptors (Lipinski definition) is 4. The molecule has 3 N–H and O–H groups in total. The Morgan fingerprint density at radius 2 is 1.76 bits per heavy atom. The fourth-order valence-electron chi connectivity index (χ4n) is 3.95. The van der Waals surface area contributed by atoms with Gasteiger partial charge in [0.2, 0.25) is 0 Å². The summed E-state index contributed by atoms with van der Waals surface area (Å²) in [7, 11) is 1.42. The van der Waals surface area contributed by atoms with E-state index in [0.717, 1.165) is 12.1 Å². The number of alkyl halides is 3. The average Bonchev–Trinajstić information content (AvgIpc) is 2.87. The summed E-state index contributed by atoms with van der Waals surface area (Å²) in [6.07, 6.45) is -4.45. The van der Waals surface area contributed by atoms with Gasteiger partial charge in [-0.05, 0) is 54.4 Å². The van der Waals surface area contributed by atoms with Crippen LogP contribution in [0.5, 0.6) is 11.5 Å². The van der Waals surface area contributed by atoms with Crippen molar-refractivity contribution < 1.29 is 32.2 Å². The second-order valence-electron chi connectivity index (χ2n) is 8.29. The number of amides is 3. The number of para-hydroxylation sites is 1. The molecule has 192 valence electrons. The second kappa shape index (κ2) is 10.7. The lowest BCUT2D eigenvalue weighted by Crippen LogP contribution is -2.45. The molecule has 0 unspecified atom stereocenters. The number of rotatable bonds is 7. The Balaban J connectivity index is 1.57. The summed E-state index contributed by atoms with van der Waals surface area (Å²) >= 11 is 0. The molecule has 1 aliphatic heterocycles. The lowest BCUT2D eigenvalue weighted by molar-refractivity contribution is -0.137. The molecule has 0 aliphatic carbocycles. The van der Waals surface area contributed by atoms with Gasteiger partial charge in [0, 0.05) is 11.4 Å². The average molecular weight is 512 g/mol. The van der Waals surface area contributed by atoms with Gasteiger partial charge in [-0.2, -0.15) is 13.2 Å². The first-order chi connectivity index (χ1) is 17.7. The molecule has 1 heterocycles. The van der Waals surface area contributed by atoms with Crippen molar-refractivity contribution in [3.63, 3.8) is 0 Å². The van der Waals surface area contributed by atoms with Crippen molar-refractivity contribution in [2.45, 2.75) is 25.7 Å². The minimum atomic E-state index is -4.45. The summed E-state index contributed by atoms with van der Waals surface area (Å²) in [5.41, 5.74) is 1.43. The van der Waals surface area contributed by atoms with Crippen molar-refractivity contribution in [3.8, 4) is 11.5 Å². The molecule has 0 saturated carbocycles. The van der Waals surface area contributed by atoms with Crippen LogP contribution in [-0.4, -0.2) is 19.0 Å². The summed E-state index contributed by atoms with van der Waals surface area (Å²) in [6, 6.07) is 17.4. The van der Waals surface area contributed by atoms with Crippen molar-refractivity contribution in [1.29, 1.82) is 0 Å². The molecule has 3 aromatic rings. The normalized spacial score (nSPS) is 15.5. The molecule has 0 radical (unpaired) electrons. The zero-order chi connectivity index (χ0) is 26.6. The highest BCUT2D eigenvalue weighted by Crippen LogP contribution is 2.35. The fourth-order valence-corrected chi connectivity index (χ4v) is 3.95. The molecule has 3 amide bonds. The van der Waals surface area contributed by atoms with Gasteiger partial charge in [0.15, 0.2) is 11.5 Å². The van der Waals surface area contributed by atoms with Crippen LogP contribution in [0.15, 0.2) is 84.1 Å². The van der Waals surface area contributed by atoms with Crippen LogP contribution in [-0.2, 0) is 17.6 Å². The molecule has 0 bridgehead atoms. The third-order valence-corrected chi connectivity index (χ3v) is 5.72. The first kappa shape index (κ1) is 25.6. The Hall–Kier alpha value is -4.47. The van der Waals surface area contributed by atoms with Gasteiger partial charge in [-0.15, -0.1) is 0 Å². The standard InChI is InChI=1S/C27H24F3N3O4/c1-16-23(25(34)32-20-9-4-3-5-10-20)24(33-26(35)31-16)18-11-12-21(22(14-18)36-2)37-15-17-7-6-8-19(13-17)27(28,29)30/h3-14,24H,15H2,1-2H3,(H,32,34)(H2,31,33,35)/t24-/m0/s1. The summed E-state index contributed by atoms with van der Waals surface area (Å²) in [5.74, 6) is 0.183. The Morgan fingerprint density at radius 3 is 2.46 bits per heavy atom. The van der Waals surface area contributed by atoms with Gasteiger partial charge in [-0.3, -0.25) is 4.79 Å². The quantitative estimate of drug-likeness (QED) is 0.388. The van der Waals surface area contributed by atoms with E-state index in [1.54, 1.807) is 49.4 Å². The zero-order valence-corrected chi connectivity index (χ0v) is 20.0. The Bertz CT molecular complexity index is 1340. The van der Waals surface area contributed by atoms with Crippen LogP contribution >= 0.6 is 0 Å². The molecule has 0 aromatic heterocycles. The van der Waals surface area contributed by atoms with E-state index in [1.807, 2.05) is 6.07 Å². The number of anilines is 1. The largest absolute Gasteiger partial charge is 0.493 e. The number of methoxy groups -OCH3 is 1. The molecule has 10 heteroatoms. The minimum Gasteiger partial charge on any atom is -0.493 e. The number of urea groups is 1. The lowest BCUT2D eigenvalue weighted by Gasteiger charge is -2.29. The van der Waals surface area contributed by atoms with Crippen LogP contribution in [0.1, 0.15) is 29.7 Å². The van der Waals surface area contributed by atoms with Crippen LogP contribution in [0, 0.1) is 0 Å². The molecule has 7 nitrogen and oxygen atoms in total. The maximum Gasteiger partial charge on any atom is 0.416 e. The fraction of sp³-hybridized carbons (Fsp3) is 0.185. The van der Waals surface area contributed by atoms with Gasteiger partial charge in [0.25, 0.3) is 5.91 Å². The van der Waals surface area contributed by atoms with Crippen molar-refractivity contribution in [2.24, 2.45) is 0 Å². The maximum absolute atomic E-state index is 13.2. The Morgan fingerprint density at radius 1 is 1.00 bits per heavy atom. The van der Waals surface area contributed by atoms with Gasteiger partial charge in [0.05, 0.1) is 24.3 Å². The van der Waals surface area contributed by atoms with E-state index in [4.69, 9.17) is 9.47 Å². The summed E-state index contributed by atoms with van der Waals surface area (Å²) in [6.45, 7) is 1.52. The van der Waals surface area contributed by atoms with Crippen molar-refractivity contribution in [1.82, 2.24) is 10.6 Å². The van der Waals surface area contributed by atoms with E-state index >= 15 is 0 Å². The zero-order valence-electron chi connectivity index (χ0n) is 20.0. The number of carbonyl (C=O) groups is 2. The van der Waals surface area contributed by atoms with Crippen LogP contribution < -0.4 is 25.4 Å². The van der Waals surface area contributed by atoms with Crippen LogP contribution in [0.3, 0.4) is 0 Å². The van der Waals surface area contributed by atoms with Crippen molar-refractivity contribution in [2.75, 3.05) is 12.4 Å². The topological polar surface area (TPSA) is 88.7 Å². The van der Waals surface area contributed by atoms with Gasteiger partial charge in [0.1, 0.15) is 6.61 Å². The van der Waals surface area contributed by atoms with E-state index in [9.17, 15) is 22.8 Å². The number of nitrogens with one attached hydrogen (secondary N) is 3. The van der Waals surface area contributed by atoms with Crippen LogP contribution in [0.4, 0.5) is 23.7 Å². The first-order valence-corrected chi connectivity index (χ1v) is 11.3. The number of allylic oxidation sites excluding steroid dienone is 1. The summed E-state index contributed by atoms with van der Waals surface area (Å²) in [5, 5.41) is 8.21. The van der Waals surface area contributed by atoms with E-state index in [2.05, 4.69) is 16.0 Å². The molecule has 0 spiro atoms. The molecule has 37 heavy (non-hydrogen) atoms.